The Kier molecular flexibility index (Phi) is 9.60. The zero-order valence-electron chi connectivity index (χ0n) is 25.7. The quantitative estimate of drug-likeness (QED) is 0.269. The topological polar surface area (TPSA) is 116 Å². The normalized spacial score (nSPS) is 17.7. The number of nitrogens with zero attached hydrogens (tertiary/aromatic N) is 7. The van der Waals surface area contributed by atoms with Gasteiger partial charge in [-0.15, -0.1) is 12.4 Å². The van der Waals surface area contributed by atoms with Crippen molar-refractivity contribution in [2.45, 2.75) is 64.2 Å². The van der Waals surface area contributed by atoms with Gasteiger partial charge in [0.1, 0.15) is 17.9 Å². The number of hydrogen-bond acceptors (Lipinski definition) is 7. The van der Waals surface area contributed by atoms with Crippen molar-refractivity contribution in [2.24, 2.45) is 5.41 Å². The van der Waals surface area contributed by atoms with Crippen molar-refractivity contribution in [2.75, 3.05) is 31.1 Å². The summed E-state index contributed by atoms with van der Waals surface area (Å²) in [4.78, 5) is 19.7. The van der Waals surface area contributed by atoms with Gasteiger partial charge in [0.15, 0.2) is 0 Å². The van der Waals surface area contributed by atoms with Gasteiger partial charge in [-0.3, -0.25) is 9.48 Å². The largest absolute Gasteiger partial charge is 0.408 e. The zero-order valence-corrected chi connectivity index (χ0v) is 26.5. The van der Waals surface area contributed by atoms with E-state index in [2.05, 4.69) is 38.0 Å². The molecule has 4 aromatic heterocycles. The molecule has 14 heteroatoms. The minimum absolute atomic E-state index is 0. The lowest BCUT2D eigenvalue weighted by Gasteiger charge is -2.41. The predicted molar refractivity (Wildman–Crippen MR) is 171 cm³/mol. The summed E-state index contributed by atoms with van der Waals surface area (Å²) in [6.07, 6.45) is 8.03. The van der Waals surface area contributed by atoms with E-state index in [4.69, 9.17) is 4.98 Å². The molecule has 2 N–H and O–H groups in total. The summed E-state index contributed by atoms with van der Waals surface area (Å²) >= 11 is 0. The first-order valence-electron chi connectivity index (χ1n) is 15.4. The van der Waals surface area contributed by atoms with Gasteiger partial charge in [-0.1, -0.05) is 6.92 Å². The maximum Gasteiger partial charge on any atom is 0.408 e. The van der Waals surface area contributed by atoms with Crippen molar-refractivity contribution in [3.8, 4) is 28.3 Å². The van der Waals surface area contributed by atoms with E-state index in [-0.39, 0.29) is 12.4 Å². The van der Waals surface area contributed by atoms with E-state index in [0.717, 1.165) is 60.9 Å². The zero-order chi connectivity index (χ0) is 31.8. The van der Waals surface area contributed by atoms with Gasteiger partial charge in [-0.25, -0.2) is 9.50 Å². The molecular formula is C32H37ClF3N9O. The molecule has 1 unspecified atom stereocenters. The van der Waals surface area contributed by atoms with E-state index >= 15 is 0 Å². The van der Waals surface area contributed by atoms with E-state index in [0.29, 0.717) is 49.5 Å². The Balaban J connectivity index is 0.00000417. The minimum atomic E-state index is -4.48. The number of hydrogen-bond donors (Lipinski definition) is 2. The fourth-order valence-corrected chi connectivity index (χ4v) is 6.41. The Morgan fingerprint density at radius 3 is 2.48 bits per heavy atom. The van der Waals surface area contributed by atoms with E-state index in [1.54, 1.807) is 16.9 Å². The molecule has 0 aliphatic carbocycles. The average molecular weight is 656 g/mol. The molecule has 46 heavy (non-hydrogen) atoms. The second kappa shape index (κ2) is 13.3. The molecule has 0 spiro atoms. The number of rotatable bonds is 7. The van der Waals surface area contributed by atoms with E-state index in [1.807, 2.05) is 42.2 Å². The number of amides is 1. The molecule has 0 radical (unpaired) electrons. The van der Waals surface area contributed by atoms with E-state index in [1.165, 1.54) is 0 Å². The standard InChI is InChI=1S/C32H36F3N9O.ClH/c1-3-31(30(45)41-21(2)32(33,34)35)8-12-42(13-9-31)28-5-4-22(16-38-28)27-14-23(19-44-29(27)24(15-36)17-40-44)25-18-39-43(20-25)26-6-10-37-11-7-26;/h4-5,14,16-21,26,37H,3,6-13H2,1-2H3,(H,41,45);1H. The molecule has 2 fully saturated rings. The summed E-state index contributed by atoms with van der Waals surface area (Å²) in [7, 11) is 0. The van der Waals surface area contributed by atoms with E-state index < -0.39 is 23.5 Å². The lowest BCUT2D eigenvalue weighted by atomic mass is 9.75. The number of aromatic nitrogens is 5. The van der Waals surface area contributed by atoms with Crippen molar-refractivity contribution in [3.63, 3.8) is 0 Å². The first-order valence-corrected chi connectivity index (χ1v) is 15.4. The Morgan fingerprint density at radius 1 is 1.11 bits per heavy atom. The molecule has 2 saturated heterocycles. The number of nitrogens with one attached hydrogen (secondary N) is 2. The predicted octanol–water partition coefficient (Wildman–Crippen LogP) is 5.54. The van der Waals surface area contributed by atoms with Crippen LogP contribution in [-0.4, -0.2) is 68.7 Å². The molecule has 1 amide bonds. The number of carbonyl (C=O) groups excluding carboxylic acids is 1. The van der Waals surface area contributed by atoms with Gasteiger partial charge in [0.05, 0.1) is 34.9 Å². The second-order valence-corrected chi connectivity index (χ2v) is 12.1. The van der Waals surface area contributed by atoms with Gasteiger partial charge < -0.3 is 15.5 Å². The number of nitriles is 1. The summed E-state index contributed by atoms with van der Waals surface area (Å²) in [5.41, 5.74) is 3.79. The van der Waals surface area contributed by atoms with Gasteiger partial charge >= 0.3 is 6.18 Å². The van der Waals surface area contributed by atoms with Crippen LogP contribution in [0.1, 0.15) is 57.6 Å². The molecule has 6 heterocycles. The molecule has 1 atom stereocenters. The first-order chi connectivity index (χ1) is 21.6. The molecular weight excluding hydrogens is 619 g/mol. The van der Waals surface area contributed by atoms with Gasteiger partial charge in [0, 0.05) is 53.9 Å². The van der Waals surface area contributed by atoms with Gasteiger partial charge in [-0.2, -0.15) is 28.6 Å². The molecule has 0 bridgehead atoms. The van der Waals surface area contributed by atoms with Crippen LogP contribution in [0.15, 0.2) is 49.2 Å². The van der Waals surface area contributed by atoms with Gasteiger partial charge in [0.25, 0.3) is 0 Å². The van der Waals surface area contributed by atoms with Crippen LogP contribution in [0.3, 0.4) is 0 Å². The summed E-state index contributed by atoms with van der Waals surface area (Å²) in [5, 5.41) is 24.5. The highest BCUT2D eigenvalue weighted by Crippen LogP contribution is 2.38. The van der Waals surface area contributed by atoms with Crippen molar-refractivity contribution >= 4 is 29.6 Å². The van der Waals surface area contributed by atoms with Crippen molar-refractivity contribution in [3.05, 3.63) is 54.7 Å². The number of alkyl halides is 3. The molecule has 6 rings (SSSR count). The molecule has 10 nitrogen and oxygen atoms in total. The maximum atomic E-state index is 13.1. The number of carbonyl (C=O) groups is 1. The third-order valence-electron chi connectivity index (χ3n) is 9.45. The monoisotopic (exact) mass is 655 g/mol. The number of halogens is 4. The highest BCUT2D eigenvalue weighted by molar-refractivity contribution is 5.87. The summed E-state index contributed by atoms with van der Waals surface area (Å²) in [5.74, 6) is 0.175. The minimum Gasteiger partial charge on any atom is -0.357 e. The fourth-order valence-electron chi connectivity index (χ4n) is 6.41. The Hall–Kier alpha value is -4.15. The van der Waals surface area contributed by atoms with Crippen LogP contribution in [0.2, 0.25) is 0 Å². The molecule has 0 saturated carbocycles. The second-order valence-electron chi connectivity index (χ2n) is 12.1. The average Bonchev–Trinajstić information content (AvgIpc) is 3.72. The van der Waals surface area contributed by atoms with Crippen LogP contribution < -0.4 is 15.5 Å². The van der Waals surface area contributed by atoms with Crippen LogP contribution in [0, 0.1) is 16.7 Å². The van der Waals surface area contributed by atoms with Crippen molar-refractivity contribution in [1.29, 1.82) is 5.26 Å². The SMILES string of the molecule is CCC1(C(=O)NC(C)C(F)(F)F)CCN(c2ccc(-c3cc(-c4cnn(C5CCNCC5)c4)cn4ncc(C#N)c34)cn2)CC1.Cl. The number of anilines is 1. The lowest BCUT2D eigenvalue weighted by Crippen LogP contribution is -2.53. The summed E-state index contributed by atoms with van der Waals surface area (Å²) in [6, 6.07) is 6.59. The Bertz CT molecular complexity index is 1710. The molecule has 4 aromatic rings. The smallest absolute Gasteiger partial charge is 0.357 e. The highest BCUT2D eigenvalue weighted by atomic mass is 35.5. The number of piperidine rings is 2. The van der Waals surface area contributed by atoms with Gasteiger partial charge in [0.2, 0.25) is 5.91 Å². The third kappa shape index (κ3) is 6.41. The molecule has 0 aromatic carbocycles. The lowest BCUT2D eigenvalue weighted by molar-refractivity contribution is -0.162. The van der Waals surface area contributed by atoms with Crippen LogP contribution in [-0.2, 0) is 4.79 Å². The fraction of sp³-hybridized carbons (Fsp3) is 0.469. The number of fused-ring (bicyclic) bond motifs is 1. The Labute approximate surface area is 271 Å². The molecule has 244 valence electrons. The summed E-state index contributed by atoms with van der Waals surface area (Å²) in [6.45, 7) is 5.75. The van der Waals surface area contributed by atoms with Crippen LogP contribution in [0.25, 0.3) is 27.8 Å². The van der Waals surface area contributed by atoms with Crippen LogP contribution in [0.5, 0.6) is 0 Å². The maximum absolute atomic E-state index is 13.1. The highest BCUT2D eigenvalue weighted by Gasteiger charge is 2.44. The first kappa shape index (κ1) is 33.2. The molecule has 2 aliphatic rings. The van der Waals surface area contributed by atoms with Crippen molar-refractivity contribution < 1.29 is 18.0 Å². The number of pyridine rings is 2. The van der Waals surface area contributed by atoms with Gasteiger partial charge in [-0.05, 0) is 70.3 Å². The Morgan fingerprint density at radius 2 is 1.85 bits per heavy atom. The third-order valence-corrected chi connectivity index (χ3v) is 9.45. The van der Waals surface area contributed by atoms with Crippen LogP contribution >= 0.6 is 12.4 Å². The van der Waals surface area contributed by atoms with E-state index in [9.17, 15) is 23.2 Å². The van der Waals surface area contributed by atoms with Crippen molar-refractivity contribution in [1.82, 2.24) is 35.0 Å². The molecule has 2 aliphatic heterocycles. The summed E-state index contributed by atoms with van der Waals surface area (Å²) < 4.78 is 43.0. The van der Waals surface area contributed by atoms with Crippen LogP contribution in [0.4, 0.5) is 19.0 Å².